The molecule has 0 aromatic heterocycles. The first kappa shape index (κ1) is 14.5. The third kappa shape index (κ3) is 3.77. The van der Waals surface area contributed by atoms with Gasteiger partial charge >= 0.3 is 0 Å². The van der Waals surface area contributed by atoms with Gasteiger partial charge < -0.3 is 5.73 Å². The first-order chi connectivity index (χ1) is 9.10. The average Bonchev–Trinajstić information content (AvgIpc) is 2.43. The van der Waals surface area contributed by atoms with Gasteiger partial charge in [0.1, 0.15) is 11.6 Å². The Balaban J connectivity index is 1.92. The van der Waals surface area contributed by atoms with E-state index in [0.29, 0.717) is 24.4 Å². The Hall–Kier alpha value is -0.930. The number of carbonyl (C=O) groups excluding carboxylic acids is 1. The normalized spacial score (nSPS) is 23.3. The van der Waals surface area contributed by atoms with Crippen molar-refractivity contribution in [3.05, 3.63) is 34.6 Å². The number of benzene rings is 1. The Morgan fingerprint density at radius 2 is 2.00 bits per heavy atom. The second-order valence-electron chi connectivity index (χ2n) is 5.34. The summed E-state index contributed by atoms with van der Waals surface area (Å²) >= 11 is 5.63. The molecule has 0 spiro atoms. The van der Waals surface area contributed by atoms with Gasteiger partial charge in [0.2, 0.25) is 0 Å². The zero-order valence-corrected chi connectivity index (χ0v) is 11.6. The van der Waals surface area contributed by atoms with E-state index < -0.39 is 5.82 Å². The van der Waals surface area contributed by atoms with Crippen LogP contribution in [0.25, 0.3) is 0 Å². The van der Waals surface area contributed by atoms with Crippen LogP contribution in [-0.2, 0) is 11.2 Å². The van der Waals surface area contributed by atoms with E-state index in [1.54, 1.807) is 6.07 Å². The molecule has 0 radical (unpaired) electrons. The summed E-state index contributed by atoms with van der Waals surface area (Å²) < 4.78 is 13.3. The topological polar surface area (TPSA) is 43.1 Å². The van der Waals surface area contributed by atoms with Gasteiger partial charge in [-0.3, -0.25) is 4.79 Å². The summed E-state index contributed by atoms with van der Waals surface area (Å²) in [6, 6.07) is 4.57. The van der Waals surface area contributed by atoms with Crippen LogP contribution in [0.3, 0.4) is 0 Å². The highest BCUT2D eigenvalue weighted by Crippen LogP contribution is 2.29. The molecule has 1 aliphatic carbocycles. The number of ketones is 1. The van der Waals surface area contributed by atoms with Crippen LogP contribution >= 0.6 is 11.6 Å². The van der Waals surface area contributed by atoms with Crippen molar-refractivity contribution >= 4 is 17.4 Å². The van der Waals surface area contributed by atoms with Crippen molar-refractivity contribution in [3.8, 4) is 0 Å². The van der Waals surface area contributed by atoms with Crippen LogP contribution in [0.2, 0.25) is 5.02 Å². The first-order valence-corrected chi connectivity index (χ1v) is 7.14. The van der Waals surface area contributed by atoms with Crippen molar-refractivity contribution in [3.63, 3.8) is 0 Å². The molecule has 0 bridgehead atoms. The maximum Gasteiger partial charge on any atom is 0.142 e. The molecule has 1 aromatic rings. The predicted molar refractivity (Wildman–Crippen MR) is 74.6 cm³/mol. The molecular weight excluding hydrogens is 265 g/mol. The van der Waals surface area contributed by atoms with E-state index >= 15 is 0 Å². The average molecular weight is 284 g/mol. The monoisotopic (exact) mass is 283 g/mol. The maximum absolute atomic E-state index is 13.3. The molecule has 0 unspecified atom stereocenters. The molecule has 2 rings (SSSR count). The van der Waals surface area contributed by atoms with Gasteiger partial charge in [0.05, 0.1) is 5.02 Å². The molecule has 104 valence electrons. The van der Waals surface area contributed by atoms with Gasteiger partial charge in [0.15, 0.2) is 0 Å². The third-order valence-corrected chi connectivity index (χ3v) is 4.30. The first-order valence-electron chi connectivity index (χ1n) is 6.77. The lowest BCUT2D eigenvalue weighted by molar-refractivity contribution is -0.123. The van der Waals surface area contributed by atoms with E-state index in [9.17, 15) is 9.18 Å². The molecule has 0 atom stereocenters. The number of Topliss-reactive ketones (excluding diaryl/α,β-unsaturated/α-hetero) is 1. The van der Waals surface area contributed by atoms with Gasteiger partial charge in [-0.1, -0.05) is 17.7 Å². The molecule has 4 heteroatoms. The molecule has 1 fully saturated rings. The number of hydrogen-bond donors (Lipinski definition) is 1. The minimum absolute atomic E-state index is 0.0969. The van der Waals surface area contributed by atoms with Gasteiger partial charge in [0.25, 0.3) is 0 Å². The quantitative estimate of drug-likeness (QED) is 0.921. The summed E-state index contributed by atoms with van der Waals surface area (Å²) in [6.45, 7) is 0.712. The van der Waals surface area contributed by atoms with Crippen molar-refractivity contribution in [1.82, 2.24) is 0 Å². The molecule has 2 nitrogen and oxygen atoms in total. The van der Waals surface area contributed by atoms with Crippen LogP contribution in [0.5, 0.6) is 0 Å². The van der Waals surface area contributed by atoms with Gasteiger partial charge in [-0.2, -0.15) is 0 Å². The molecule has 19 heavy (non-hydrogen) atoms. The van der Waals surface area contributed by atoms with Crippen molar-refractivity contribution in [1.29, 1.82) is 0 Å². The highest BCUT2D eigenvalue weighted by molar-refractivity contribution is 6.30. The van der Waals surface area contributed by atoms with E-state index in [1.807, 2.05) is 0 Å². The van der Waals surface area contributed by atoms with Crippen LogP contribution < -0.4 is 5.73 Å². The summed E-state index contributed by atoms with van der Waals surface area (Å²) in [6.07, 6.45) is 4.18. The zero-order valence-electron chi connectivity index (χ0n) is 10.9. The van der Waals surface area contributed by atoms with Crippen LogP contribution in [0.1, 0.15) is 31.2 Å². The number of nitrogens with two attached hydrogens (primary N) is 1. The van der Waals surface area contributed by atoms with Crippen LogP contribution in [0, 0.1) is 17.7 Å². The van der Waals surface area contributed by atoms with Gasteiger partial charge in [0, 0.05) is 12.3 Å². The smallest absolute Gasteiger partial charge is 0.142 e. The van der Waals surface area contributed by atoms with Crippen molar-refractivity contribution in [2.24, 2.45) is 17.6 Å². The molecular formula is C15H19ClFNO. The van der Waals surface area contributed by atoms with E-state index in [1.165, 1.54) is 12.1 Å². The molecule has 1 aromatic carbocycles. The van der Waals surface area contributed by atoms with Gasteiger partial charge in [-0.25, -0.2) is 4.39 Å². The summed E-state index contributed by atoms with van der Waals surface area (Å²) in [5, 5.41) is 0.0969. The largest absolute Gasteiger partial charge is 0.330 e. The number of hydrogen-bond acceptors (Lipinski definition) is 2. The molecule has 1 aliphatic rings. The SMILES string of the molecule is NCC1CCC(C(=O)Cc2ccc(Cl)c(F)c2)CC1. The standard InChI is InChI=1S/C15H19ClFNO/c16-13-6-3-11(7-14(13)17)8-15(19)12-4-1-10(9-18)2-5-12/h3,6-7,10,12H,1-2,4-5,8-9,18H2. The van der Waals surface area contributed by atoms with E-state index in [4.69, 9.17) is 17.3 Å². The number of carbonyl (C=O) groups is 1. The summed E-state index contributed by atoms with van der Waals surface area (Å²) in [5.41, 5.74) is 6.34. The van der Waals surface area contributed by atoms with E-state index in [0.717, 1.165) is 25.7 Å². The lowest BCUT2D eigenvalue weighted by Crippen LogP contribution is -2.26. The van der Waals surface area contributed by atoms with Gasteiger partial charge in [-0.15, -0.1) is 0 Å². The van der Waals surface area contributed by atoms with Crippen molar-refractivity contribution in [2.75, 3.05) is 6.54 Å². The summed E-state index contributed by atoms with van der Waals surface area (Å²) in [5.74, 6) is 0.426. The minimum atomic E-state index is -0.459. The zero-order chi connectivity index (χ0) is 13.8. The van der Waals surface area contributed by atoms with Gasteiger partial charge in [-0.05, 0) is 55.8 Å². The maximum atomic E-state index is 13.3. The van der Waals surface area contributed by atoms with Crippen molar-refractivity contribution in [2.45, 2.75) is 32.1 Å². The number of rotatable bonds is 4. The molecule has 0 heterocycles. The summed E-state index contributed by atoms with van der Waals surface area (Å²) in [4.78, 5) is 12.2. The fraction of sp³-hybridized carbons (Fsp3) is 0.533. The molecule has 2 N–H and O–H groups in total. The second kappa shape index (κ2) is 6.49. The van der Waals surface area contributed by atoms with Crippen LogP contribution in [-0.4, -0.2) is 12.3 Å². The third-order valence-electron chi connectivity index (χ3n) is 4.00. The lowest BCUT2D eigenvalue weighted by Gasteiger charge is -2.26. The minimum Gasteiger partial charge on any atom is -0.330 e. The highest BCUT2D eigenvalue weighted by atomic mass is 35.5. The Kier molecular flexibility index (Phi) is 4.94. The van der Waals surface area contributed by atoms with E-state index in [-0.39, 0.29) is 16.7 Å². The Morgan fingerprint density at radius 3 is 2.58 bits per heavy atom. The molecule has 0 saturated heterocycles. The number of halogens is 2. The lowest BCUT2D eigenvalue weighted by atomic mass is 9.79. The van der Waals surface area contributed by atoms with Crippen LogP contribution in [0.15, 0.2) is 18.2 Å². The molecule has 0 amide bonds. The predicted octanol–water partition coefficient (Wildman–Crippen LogP) is 3.36. The van der Waals surface area contributed by atoms with Crippen molar-refractivity contribution < 1.29 is 9.18 Å². The Bertz CT molecular complexity index is 455. The Labute approximate surface area is 118 Å². The summed E-state index contributed by atoms with van der Waals surface area (Å²) in [7, 11) is 0. The molecule has 0 aliphatic heterocycles. The molecule has 1 saturated carbocycles. The fourth-order valence-electron chi connectivity index (χ4n) is 2.72. The van der Waals surface area contributed by atoms with E-state index in [2.05, 4.69) is 0 Å². The van der Waals surface area contributed by atoms with Crippen LogP contribution in [0.4, 0.5) is 4.39 Å². The second-order valence-corrected chi connectivity index (χ2v) is 5.75. The Morgan fingerprint density at radius 1 is 1.32 bits per heavy atom. The fourth-order valence-corrected chi connectivity index (χ4v) is 2.83. The highest BCUT2D eigenvalue weighted by Gasteiger charge is 2.25.